The summed E-state index contributed by atoms with van der Waals surface area (Å²) >= 11 is 0. The molecule has 30 heavy (non-hydrogen) atoms. The third-order valence-electron chi connectivity index (χ3n) is 5.43. The fourth-order valence-corrected chi connectivity index (χ4v) is 3.76. The third kappa shape index (κ3) is 4.54. The van der Waals surface area contributed by atoms with Gasteiger partial charge in [-0.1, -0.05) is 30.3 Å². The van der Waals surface area contributed by atoms with Gasteiger partial charge in [0.2, 0.25) is 5.89 Å². The lowest BCUT2D eigenvalue weighted by Gasteiger charge is -2.22. The average Bonchev–Trinajstić information content (AvgIpc) is 3.40. The minimum atomic E-state index is -0.148. The summed E-state index contributed by atoms with van der Waals surface area (Å²) < 4.78 is 16.6. The van der Waals surface area contributed by atoms with Crippen molar-refractivity contribution in [2.24, 2.45) is 0 Å². The number of ether oxygens (including phenoxy) is 2. The first kappa shape index (κ1) is 20.2. The van der Waals surface area contributed by atoms with Gasteiger partial charge in [-0.3, -0.25) is 9.69 Å². The number of rotatable bonds is 7. The summed E-state index contributed by atoms with van der Waals surface area (Å²) in [6.45, 7) is 3.88. The van der Waals surface area contributed by atoms with Crippen LogP contribution >= 0.6 is 0 Å². The van der Waals surface area contributed by atoms with E-state index in [1.165, 1.54) is 7.11 Å². The lowest BCUT2D eigenvalue weighted by Crippen LogP contribution is -2.36. The Morgan fingerprint density at radius 3 is 2.67 bits per heavy atom. The Balaban J connectivity index is 1.35. The van der Waals surface area contributed by atoms with Gasteiger partial charge in [-0.2, -0.15) is 0 Å². The standard InChI is InChI=1S/C24H26N2O4/c1-17-21(25-23(30-17)19-7-4-3-5-8-19)16-29-20-12-10-18(11-13-20)15-26-14-6-9-22(26)24(27)28-2/h3-5,7-8,10-13,22H,6,9,14-16H2,1-2H3. The van der Waals surface area contributed by atoms with Gasteiger partial charge in [0.05, 0.1) is 7.11 Å². The van der Waals surface area contributed by atoms with E-state index >= 15 is 0 Å². The monoisotopic (exact) mass is 406 g/mol. The maximum Gasteiger partial charge on any atom is 0.323 e. The lowest BCUT2D eigenvalue weighted by atomic mass is 10.2. The van der Waals surface area contributed by atoms with Crippen molar-refractivity contribution in [2.75, 3.05) is 13.7 Å². The second-order valence-electron chi connectivity index (χ2n) is 7.47. The van der Waals surface area contributed by atoms with Gasteiger partial charge in [-0.15, -0.1) is 0 Å². The van der Waals surface area contributed by atoms with Crippen molar-refractivity contribution in [2.45, 2.75) is 39.0 Å². The summed E-state index contributed by atoms with van der Waals surface area (Å²) in [7, 11) is 1.45. The van der Waals surface area contributed by atoms with Crippen LogP contribution in [0.4, 0.5) is 0 Å². The summed E-state index contributed by atoms with van der Waals surface area (Å²) in [6, 6.07) is 17.7. The van der Waals surface area contributed by atoms with Gasteiger partial charge < -0.3 is 13.9 Å². The van der Waals surface area contributed by atoms with Gasteiger partial charge in [0.25, 0.3) is 0 Å². The highest BCUT2D eigenvalue weighted by Crippen LogP contribution is 2.24. The summed E-state index contributed by atoms with van der Waals surface area (Å²) in [5, 5.41) is 0. The van der Waals surface area contributed by atoms with Gasteiger partial charge in [-0.25, -0.2) is 4.98 Å². The normalized spacial score (nSPS) is 16.5. The van der Waals surface area contributed by atoms with E-state index in [4.69, 9.17) is 13.9 Å². The van der Waals surface area contributed by atoms with Crippen LogP contribution < -0.4 is 4.74 Å². The predicted octanol–water partition coefficient (Wildman–Crippen LogP) is 4.37. The number of likely N-dealkylation sites (tertiary alicyclic amines) is 1. The topological polar surface area (TPSA) is 64.8 Å². The van der Waals surface area contributed by atoms with Crippen LogP contribution in [0.5, 0.6) is 5.75 Å². The quantitative estimate of drug-likeness (QED) is 0.543. The molecule has 6 nitrogen and oxygen atoms in total. The molecular formula is C24H26N2O4. The maximum atomic E-state index is 11.9. The molecule has 1 aliphatic rings. The highest BCUT2D eigenvalue weighted by molar-refractivity contribution is 5.76. The van der Waals surface area contributed by atoms with Gasteiger partial charge in [0.1, 0.15) is 29.9 Å². The van der Waals surface area contributed by atoms with Crippen LogP contribution in [0.3, 0.4) is 0 Å². The second-order valence-corrected chi connectivity index (χ2v) is 7.47. The van der Waals surface area contributed by atoms with E-state index in [9.17, 15) is 4.79 Å². The summed E-state index contributed by atoms with van der Waals surface area (Å²) in [6.07, 6.45) is 1.87. The molecule has 4 rings (SSSR count). The van der Waals surface area contributed by atoms with Gasteiger partial charge in [-0.05, 0) is 56.1 Å². The fraction of sp³-hybridized carbons (Fsp3) is 0.333. The summed E-state index contributed by atoms with van der Waals surface area (Å²) in [4.78, 5) is 18.7. The van der Waals surface area contributed by atoms with E-state index in [1.54, 1.807) is 0 Å². The fourth-order valence-electron chi connectivity index (χ4n) is 3.76. The van der Waals surface area contributed by atoms with Gasteiger partial charge in [0, 0.05) is 12.1 Å². The van der Waals surface area contributed by atoms with E-state index < -0.39 is 0 Å². The number of methoxy groups -OCH3 is 1. The zero-order chi connectivity index (χ0) is 20.9. The van der Waals surface area contributed by atoms with E-state index in [-0.39, 0.29) is 12.0 Å². The number of benzene rings is 2. The molecule has 0 radical (unpaired) electrons. The number of esters is 1. The Morgan fingerprint density at radius 2 is 1.93 bits per heavy atom. The van der Waals surface area contributed by atoms with Crippen LogP contribution in [-0.2, 0) is 22.7 Å². The molecule has 0 amide bonds. The minimum Gasteiger partial charge on any atom is -0.487 e. The SMILES string of the molecule is COC(=O)C1CCCN1Cc1ccc(OCc2nc(-c3ccccc3)oc2C)cc1. The Labute approximate surface area is 176 Å². The molecular weight excluding hydrogens is 380 g/mol. The molecule has 1 atom stereocenters. The number of aryl methyl sites for hydroxylation is 1. The van der Waals surface area contributed by atoms with Crippen molar-refractivity contribution >= 4 is 5.97 Å². The largest absolute Gasteiger partial charge is 0.487 e. The first-order valence-corrected chi connectivity index (χ1v) is 10.2. The maximum absolute atomic E-state index is 11.9. The van der Waals surface area contributed by atoms with Crippen molar-refractivity contribution in [1.29, 1.82) is 0 Å². The molecule has 1 unspecified atom stereocenters. The summed E-state index contributed by atoms with van der Waals surface area (Å²) in [5.74, 6) is 1.99. The summed E-state index contributed by atoms with van der Waals surface area (Å²) in [5.41, 5.74) is 2.88. The molecule has 0 N–H and O–H groups in total. The number of carbonyl (C=O) groups excluding carboxylic acids is 1. The molecule has 0 spiro atoms. The smallest absolute Gasteiger partial charge is 0.323 e. The van der Waals surface area contributed by atoms with E-state index in [1.807, 2.05) is 61.5 Å². The molecule has 3 aromatic rings. The molecule has 6 heteroatoms. The first-order chi connectivity index (χ1) is 14.6. The number of hydrogen-bond acceptors (Lipinski definition) is 6. The highest BCUT2D eigenvalue weighted by Gasteiger charge is 2.31. The molecule has 0 aliphatic carbocycles. The average molecular weight is 406 g/mol. The molecule has 0 bridgehead atoms. The van der Waals surface area contributed by atoms with Crippen LogP contribution in [0.2, 0.25) is 0 Å². The lowest BCUT2D eigenvalue weighted by molar-refractivity contribution is -0.146. The number of carbonyl (C=O) groups is 1. The molecule has 1 saturated heterocycles. The van der Waals surface area contributed by atoms with Crippen LogP contribution in [0.25, 0.3) is 11.5 Å². The highest BCUT2D eigenvalue weighted by atomic mass is 16.5. The Hall–Kier alpha value is -3.12. The second kappa shape index (κ2) is 9.13. The first-order valence-electron chi connectivity index (χ1n) is 10.2. The van der Waals surface area contributed by atoms with Crippen LogP contribution in [0.1, 0.15) is 29.9 Å². The van der Waals surface area contributed by atoms with E-state index in [0.717, 1.165) is 54.3 Å². The number of oxazole rings is 1. The van der Waals surface area contributed by atoms with Crippen LogP contribution in [-0.4, -0.2) is 35.5 Å². The zero-order valence-electron chi connectivity index (χ0n) is 17.3. The molecule has 1 aliphatic heterocycles. The van der Waals surface area contributed by atoms with Gasteiger partial charge in [0.15, 0.2) is 0 Å². The molecule has 1 fully saturated rings. The third-order valence-corrected chi connectivity index (χ3v) is 5.43. The predicted molar refractivity (Wildman–Crippen MR) is 113 cm³/mol. The Bertz CT molecular complexity index is 982. The molecule has 0 saturated carbocycles. The van der Waals surface area contributed by atoms with Crippen molar-refractivity contribution in [3.8, 4) is 17.2 Å². The van der Waals surface area contributed by atoms with Crippen LogP contribution in [0.15, 0.2) is 59.0 Å². The van der Waals surface area contributed by atoms with Crippen molar-refractivity contribution < 1.29 is 18.7 Å². The van der Waals surface area contributed by atoms with Gasteiger partial charge >= 0.3 is 5.97 Å². The molecule has 1 aromatic heterocycles. The van der Waals surface area contributed by atoms with Crippen molar-refractivity contribution in [3.63, 3.8) is 0 Å². The van der Waals surface area contributed by atoms with E-state index in [0.29, 0.717) is 12.5 Å². The zero-order valence-corrected chi connectivity index (χ0v) is 17.3. The Morgan fingerprint density at radius 1 is 1.17 bits per heavy atom. The van der Waals surface area contributed by atoms with E-state index in [2.05, 4.69) is 9.88 Å². The molecule has 2 heterocycles. The van der Waals surface area contributed by atoms with Crippen LogP contribution in [0, 0.1) is 6.92 Å². The molecule has 2 aromatic carbocycles. The molecule has 156 valence electrons. The van der Waals surface area contributed by atoms with Crippen molar-refractivity contribution in [1.82, 2.24) is 9.88 Å². The Kier molecular flexibility index (Phi) is 6.14. The minimum absolute atomic E-state index is 0.139. The number of hydrogen-bond donors (Lipinski definition) is 0. The number of aromatic nitrogens is 1. The number of nitrogens with zero attached hydrogens (tertiary/aromatic N) is 2. The van der Waals surface area contributed by atoms with Crippen molar-refractivity contribution in [3.05, 3.63) is 71.6 Å².